The minimum atomic E-state index is -0.533. The van der Waals surface area contributed by atoms with Crippen molar-refractivity contribution >= 4 is 28.9 Å². The van der Waals surface area contributed by atoms with Gasteiger partial charge in [-0.15, -0.1) is 0 Å². The molecular weight excluding hydrogens is 367 g/mol. The van der Waals surface area contributed by atoms with E-state index < -0.39 is 5.82 Å². The summed E-state index contributed by atoms with van der Waals surface area (Å²) in [6.45, 7) is 0.768. The summed E-state index contributed by atoms with van der Waals surface area (Å²) in [4.78, 5) is 22.6. The number of carbonyl (C=O) groups excluding carboxylic acids is 1. The first kappa shape index (κ1) is 18.8. The number of nitrogens with zero attached hydrogens (tertiary/aromatic N) is 3. The molecule has 0 saturated carbocycles. The smallest absolute Gasteiger partial charge is 0.257 e. The van der Waals surface area contributed by atoms with Crippen LogP contribution in [0.25, 0.3) is 0 Å². The number of pyridine rings is 2. The van der Waals surface area contributed by atoms with Crippen LogP contribution in [0.4, 0.5) is 15.8 Å². The van der Waals surface area contributed by atoms with E-state index >= 15 is 0 Å². The Morgan fingerprint density at radius 1 is 1.15 bits per heavy atom. The molecular formula is C20H18ClFN4O. The zero-order valence-electron chi connectivity index (χ0n) is 14.7. The molecule has 0 aliphatic heterocycles. The second-order valence-corrected chi connectivity index (χ2v) is 6.45. The van der Waals surface area contributed by atoms with E-state index in [2.05, 4.69) is 15.3 Å². The van der Waals surface area contributed by atoms with Crippen molar-refractivity contribution in [2.24, 2.45) is 0 Å². The molecule has 1 amide bonds. The normalized spacial score (nSPS) is 10.5. The third-order valence-electron chi connectivity index (χ3n) is 4.09. The summed E-state index contributed by atoms with van der Waals surface area (Å²) < 4.78 is 13.2. The molecule has 0 atom stereocenters. The molecule has 5 nitrogen and oxygen atoms in total. The summed E-state index contributed by atoms with van der Waals surface area (Å²) in [6.07, 6.45) is 7.58. The standard InChI is InChI=1S/C20H18ClFN4O/c1-26(9-6-14-4-7-23-8-5-14)17-10-15(12-24-13-17)20(27)25-16-2-3-19(22)18(21)11-16/h2-5,7-8,10-13H,6,9H2,1H3,(H,25,27). The number of benzene rings is 1. The van der Waals surface area contributed by atoms with Crippen LogP contribution in [0.1, 0.15) is 15.9 Å². The number of hydrogen-bond acceptors (Lipinski definition) is 4. The zero-order valence-corrected chi connectivity index (χ0v) is 15.4. The van der Waals surface area contributed by atoms with Crippen molar-refractivity contribution < 1.29 is 9.18 Å². The number of anilines is 2. The Labute approximate surface area is 161 Å². The lowest BCUT2D eigenvalue weighted by Gasteiger charge is -2.19. The van der Waals surface area contributed by atoms with E-state index in [0.717, 1.165) is 18.7 Å². The lowest BCUT2D eigenvalue weighted by atomic mass is 10.2. The van der Waals surface area contributed by atoms with Crippen LogP contribution in [-0.4, -0.2) is 29.5 Å². The first-order valence-electron chi connectivity index (χ1n) is 8.34. The third kappa shape index (κ3) is 5.01. The van der Waals surface area contributed by atoms with Crippen LogP contribution in [0.2, 0.25) is 5.02 Å². The molecule has 7 heteroatoms. The maximum Gasteiger partial charge on any atom is 0.257 e. The number of hydrogen-bond donors (Lipinski definition) is 1. The fourth-order valence-corrected chi connectivity index (χ4v) is 2.69. The fraction of sp³-hybridized carbons (Fsp3) is 0.150. The van der Waals surface area contributed by atoms with Gasteiger partial charge in [-0.2, -0.15) is 0 Å². The molecule has 0 bridgehead atoms. The fourth-order valence-electron chi connectivity index (χ4n) is 2.51. The van der Waals surface area contributed by atoms with E-state index in [0.29, 0.717) is 11.3 Å². The molecule has 1 N–H and O–H groups in total. The van der Waals surface area contributed by atoms with Gasteiger partial charge in [0.2, 0.25) is 0 Å². The SMILES string of the molecule is CN(CCc1ccncc1)c1cncc(C(=O)Nc2ccc(F)c(Cl)c2)c1. The van der Waals surface area contributed by atoms with Crippen molar-refractivity contribution in [3.05, 3.63) is 83.2 Å². The first-order valence-corrected chi connectivity index (χ1v) is 8.72. The van der Waals surface area contributed by atoms with Gasteiger partial charge in [-0.05, 0) is 48.4 Å². The molecule has 3 rings (SSSR count). The van der Waals surface area contributed by atoms with Gasteiger partial charge in [0, 0.05) is 37.9 Å². The molecule has 3 aromatic rings. The molecule has 0 unspecified atom stereocenters. The summed E-state index contributed by atoms with van der Waals surface area (Å²) in [6, 6.07) is 9.75. The highest BCUT2D eigenvalue weighted by Crippen LogP contribution is 2.20. The Balaban J connectivity index is 1.66. The van der Waals surface area contributed by atoms with Crippen molar-refractivity contribution in [1.29, 1.82) is 0 Å². The average Bonchev–Trinajstić information content (AvgIpc) is 2.70. The number of rotatable bonds is 6. The van der Waals surface area contributed by atoms with Crippen LogP contribution in [-0.2, 0) is 6.42 Å². The van der Waals surface area contributed by atoms with Crippen LogP contribution < -0.4 is 10.2 Å². The maximum atomic E-state index is 13.2. The van der Waals surface area contributed by atoms with E-state index in [9.17, 15) is 9.18 Å². The van der Waals surface area contributed by atoms with Crippen molar-refractivity contribution in [2.45, 2.75) is 6.42 Å². The summed E-state index contributed by atoms with van der Waals surface area (Å²) in [7, 11) is 1.94. The van der Waals surface area contributed by atoms with Crippen LogP contribution in [0.5, 0.6) is 0 Å². The van der Waals surface area contributed by atoms with E-state index in [4.69, 9.17) is 11.6 Å². The number of amides is 1. The second kappa shape index (κ2) is 8.60. The minimum Gasteiger partial charge on any atom is -0.373 e. The van der Waals surface area contributed by atoms with Crippen molar-refractivity contribution in [3.63, 3.8) is 0 Å². The summed E-state index contributed by atoms with van der Waals surface area (Å²) in [5.41, 5.74) is 2.84. The van der Waals surface area contributed by atoms with Crippen LogP contribution in [0, 0.1) is 5.82 Å². The first-order chi connectivity index (χ1) is 13.0. The topological polar surface area (TPSA) is 58.1 Å². The molecule has 0 aliphatic rings. The highest BCUT2D eigenvalue weighted by atomic mass is 35.5. The molecule has 0 fully saturated rings. The largest absolute Gasteiger partial charge is 0.373 e. The molecule has 2 aromatic heterocycles. The Morgan fingerprint density at radius 3 is 2.67 bits per heavy atom. The third-order valence-corrected chi connectivity index (χ3v) is 4.38. The number of nitrogens with one attached hydrogen (secondary N) is 1. The quantitative estimate of drug-likeness (QED) is 0.692. The lowest BCUT2D eigenvalue weighted by Crippen LogP contribution is -2.21. The van der Waals surface area contributed by atoms with Crippen LogP contribution in [0.15, 0.2) is 61.2 Å². The zero-order chi connectivity index (χ0) is 19.2. The van der Waals surface area contributed by atoms with Gasteiger partial charge in [-0.3, -0.25) is 14.8 Å². The van der Waals surface area contributed by atoms with Gasteiger partial charge in [-0.25, -0.2) is 4.39 Å². The molecule has 0 saturated heterocycles. The van der Waals surface area contributed by atoms with Gasteiger partial charge < -0.3 is 10.2 Å². The van der Waals surface area contributed by atoms with Gasteiger partial charge in [0.15, 0.2) is 0 Å². The average molecular weight is 385 g/mol. The maximum absolute atomic E-state index is 13.2. The molecule has 138 valence electrons. The van der Waals surface area contributed by atoms with Crippen molar-refractivity contribution in [2.75, 3.05) is 23.8 Å². The molecule has 1 aromatic carbocycles. The highest BCUT2D eigenvalue weighted by Gasteiger charge is 2.11. The molecule has 0 radical (unpaired) electrons. The Morgan fingerprint density at radius 2 is 1.93 bits per heavy atom. The minimum absolute atomic E-state index is 0.0458. The van der Waals surface area contributed by atoms with Gasteiger partial charge in [0.05, 0.1) is 22.5 Å². The summed E-state index contributed by atoms with van der Waals surface area (Å²) in [5.74, 6) is -0.872. The van der Waals surface area contributed by atoms with E-state index in [-0.39, 0.29) is 10.9 Å². The van der Waals surface area contributed by atoms with E-state index in [1.807, 2.05) is 24.1 Å². The lowest BCUT2D eigenvalue weighted by molar-refractivity contribution is 0.102. The van der Waals surface area contributed by atoms with Crippen LogP contribution >= 0.6 is 11.6 Å². The predicted octanol–water partition coefficient (Wildman–Crippen LogP) is 4.20. The van der Waals surface area contributed by atoms with Gasteiger partial charge in [0.25, 0.3) is 5.91 Å². The van der Waals surface area contributed by atoms with Gasteiger partial charge >= 0.3 is 0 Å². The molecule has 0 spiro atoms. The number of likely N-dealkylation sites (N-methyl/N-ethyl adjacent to an activating group) is 1. The van der Waals surface area contributed by atoms with Gasteiger partial charge in [0.1, 0.15) is 5.82 Å². The predicted molar refractivity (Wildman–Crippen MR) is 105 cm³/mol. The van der Waals surface area contributed by atoms with E-state index in [1.165, 1.54) is 30.0 Å². The molecule has 0 aliphatic carbocycles. The second-order valence-electron chi connectivity index (χ2n) is 6.04. The number of halogens is 2. The monoisotopic (exact) mass is 384 g/mol. The Hall–Kier alpha value is -2.99. The van der Waals surface area contributed by atoms with Crippen molar-refractivity contribution in [3.8, 4) is 0 Å². The highest BCUT2D eigenvalue weighted by molar-refractivity contribution is 6.31. The van der Waals surface area contributed by atoms with Gasteiger partial charge in [-0.1, -0.05) is 11.6 Å². The van der Waals surface area contributed by atoms with E-state index in [1.54, 1.807) is 24.7 Å². The molecule has 27 heavy (non-hydrogen) atoms. The number of carbonyl (C=O) groups is 1. The Kier molecular flexibility index (Phi) is 5.98. The summed E-state index contributed by atoms with van der Waals surface area (Å²) >= 11 is 5.75. The van der Waals surface area contributed by atoms with Crippen LogP contribution in [0.3, 0.4) is 0 Å². The Bertz CT molecular complexity index is 936. The molecule has 2 heterocycles. The number of aromatic nitrogens is 2. The summed E-state index contributed by atoms with van der Waals surface area (Å²) in [5, 5.41) is 2.65. The van der Waals surface area contributed by atoms with Crippen molar-refractivity contribution in [1.82, 2.24) is 9.97 Å².